The molecule has 102 valence electrons. The van der Waals surface area contributed by atoms with Crippen LogP contribution >= 0.6 is 11.3 Å². The van der Waals surface area contributed by atoms with Gasteiger partial charge in [-0.2, -0.15) is 0 Å². The number of rotatable bonds is 5. The van der Waals surface area contributed by atoms with Crippen LogP contribution in [-0.2, 0) is 6.61 Å². The van der Waals surface area contributed by atoms with E-state index < -0.39 is 0 Å². The second-order valence-corrected chi connectivity index (χ2v) is 5.47. The number of benzene rings is 1. The van der Waals surface area contributed by atoms with Gasteiger partial charge in [-0.25, -0.2) is 0 Å². The van der Waals surface area contributed by atoms with Crippen LogP contribution in [0.1, 0.15) is 29.0 Å². The molecule has 1 unspecified atom stereocenters. The molecule has 0 fully saturated rings. The number of anilines is 1. The highest BCUT2D eigenvalue weighted by molar-refractivity contribution is 7.10. The monoisotopic (exact) mass is 277 g/mol. The van der Waals surface area contributed by atoms with E-state index >= 15 is 0 Å². The lowest BCUT2D eigenvalue weighted by Crippen LogP contribution is -2.06. The van der Waals surface area contributed by atoms with Gasteiger partial charge in [0.05, 0.1) is 19.8 Å². The van der Waals surface area contributed by atoms with Crippen molar-refractivity contribution in [2.24, 2.45) is 0 Å². The number of thiophene rings is 1. The summed E-state index contributed by atoms with van der Waals surface area (Å²) < 4.78 is 5.20. The van der Waals surface area contributed by atoms with Crippen molar-refractivity contribution in [3.63, 3.8) is 0 Å². The molecule has 0 bridgehead atoms. The summed E-state index contributed by atoms with van der Waals surface area (Å²) in [5.41, 5.74) is 3.09. The first kappa shape index (κ1) is 13.9. The summed E-state index contributed by atoms with van der Waals surface area (Å²) in [5.74, 6) is 0.716. The van der Waals surface area contributed by atoms with E-state index in [0.717, 1.165) is 11.3 Å². The van der Waals surface area contributed by atoms with Crippen LogP contribution in [0.2, 0.25) is 0 Å². The third-order valence-corrected chi connectivity index (χ3v) is 4.33. The summed E-state index contributed by atoms with van der Waals surface area (Å²) in [4.78, 5) is 1.33. The second-order valence-electron chi connectivity index (χ2n) is 4.52. The molecular weight excluding hydrogens is 258 g/mol. The van der Waals surface area contributed by atoms with Gasteiger partial charge < -0.3 is 15.2 Å². The fraction of sp³-hybridized carbons (Fsp3) is 0.333. The first-order chi connectivity index (χ1) is 9.15. The standard InChI is InChI=1S/C15H19NO2S/c1-10-6-7-19-15(10)11(2)16-13-4-5-14(18-3)12(8-13)9-17/h4-8,11,16-17H,9H2,1-3H3. The number of nitrogens with one attached hydrogen (secondary N) is 1. The third kappa shape index (κ3) is 3.08. The molecule has 0 amide bonds. The van der Waals surface area contributed by atoms with Gasteiger partial charge in [-0.1, -0.05) is 0 Å². The van der Waals surface area contributed by atoms with E-state index in [1.165, 1.54) is 10.4 Å². The van der Waals surface area contributed by atoms with Gasteiger partial charge in [0.25, 0.3) is 0 Å². The first-order valence-corrected chi connectivity index (χ1v) is 7.12. The van der Waals surface area contributed by atoms with E-state index in [0.29, 0.717) is 5.75 Å². The van der Waals surface area contributed by atoms with Gasteiger partial charge in [0, 0.05) is 16.1 Å². The number of ether oxygens (including phenoxy) is 1. The highest BCUT2D eigenvalue weighted by Gasteiger charge is 2.11. The minimum absolute atomic E-state index is 0.0227. The molecule has 0 saturated carbocycles. The maximum absolute atomic E-state index is 9.33. The van der Waals surface area contributed by atoms with Crippen molar-refractivity contribution in [1.29, 1.82) is 0 Å². The number of aliphatic hydroxyl groups excluding tert-OH is 1. The molecule has 0 saturated heterocycles. The Kier molecular flexibility index (Phi) is 4.45. The minimum Gasteiger partial charge on any atom is -0.496 e. The largest absolute Gasteiger partial charge is 0.496 e. The summed E-state index contributed by atoms with van der Waals surface area (Å²) in [5, 5.41) is 14.9. The maximum Gasteiger partial charge on any atom is 0.124 e. The number of aliphatic hydroxyl groups is 1. The fourth-order valence-electron chi connectivity index (χ4n) is 2.14. The van der Waals surface area contributed by atoms with Crippen molar-refractivity contribution in [3.8, 4) is 5.75 Å². The molecule has 3 nitrogen and oxygen atoms in total. The third-order valence-electron chi connectivity index (χ3n) is 3.13. The quantitative estimate of drug-likeness (QED) is 0.875. The van der Waals surface area contributed by atoms with Crippen LogP contribution in [-0.4, -0.2) is 12.2 Å². The van der Waals surface area contributed by atoms with Crippen molar-refractivity contribution >= 4 is 17.0 Å². The van der Waals surface area contributed by atoms with Crippen molar-refractivity contribution in [3.05, 3.63) is 45.6 Å². The Labute approximate surface area is 117 Å². The summed E-state index contributed by atoms with van der Waals surface area (Å²) in [7, 11) is 1.61. The van der Waals surface area contributed by atoms with Gasteiger partial charge in [0.1, 0.15) is 5.75 Å². The summed E-state index contributed by atoms with van der Waals surface area (Å²) in [6.45, 7) is 4.24. The normalized spacial score (nSPS) is 12.2. The lowest BCUT2D eigenvalue weighted by molar-refractivity contribution is 0.274. The smallest absolute Gasteiger partial charge is 0.124 e. The molecule has 1 atom stereocenters. The van der Waals surface area contributed by atoms with E-state index in [1.807, 2.05) is 18.2 Å². The Morgan fingerprint density at radius 1 is 1.37 bits per heavy atom. The molecule has 0 aliphatic heterocycles. The van der Waals surface area contributed by atoms with Crippen LogP contribution in [0, 0.1) is 6.92 Å². The van der Waals surface area contributed by atoms with Crippen LogP contribution in [0.25, 0.3) is 0 Å². The molecule has 1 heterocycles. The van der Waals surface area contributed by atoms with Crippen molar-refractivity contribution in [1.82, 2.24) is 0 Å². The van der Waals surface area contributed by atoms with Crippen molar-refractivity contribution in [2.45, 2.75) is 26.5 Å². The van der Waals surface area contributed by atoms with Gasteiger partial charge >= 0.3 is 0 Å². The van der Waals surface area contributed by atoms with Gasteiger partial charge in [-0.3, -0.25) is 0 Å². The molecule has 19 heavy (non-hydrogen) atoms. The summed E-state index contributed by atoms with van der Waals surface area (Å²) in [6, 6.07) is 8.16. The lowest BCUT2D eigenvalue weighted by atomic mass is 10.1. The predicted molar refractivity (Wildman–Crippen MR) is 80.0 cm³/mol. The Bertz CT molecular complexity index is 551. The van der Waals surface area contributed by atoms with Gasteiger partial charge in [-0.15, -0.1) is 11.3 Å². The van der Waals surface area contributed by atoms with E-state index in [4.69, 9.17) is 4.74 Å². The minimum atomic E-state index is -0.0227. The zero-order chi connectivity index (χ0) is 13.8. The van der Waals surface area contributed by atoms with E-state index in [2.05, 4.69) is 30.6 Å². The Morgan fingerprint density at radius 2 is 2.16 bits per heavy atom. The van der Waals surface area contributed by atoms with Gasteiger partial charge in [-0.05, 0) is 49.1 Å². The van der Waals surface area contributed by atoms with Crippen LogP contribution < -0.4 is 10.1 Å². The van der Waals surface area contributed by atoms with Crippen molar-refractivity contribution < 1.29 is 9.84 Å². The number of methoxy groups -OCH3 is 1. The summed E-state index contributed by atoms with van der Waals surface area (Å²) in [6.07, 6.45) is 0. The zero-order valence-corrected chi connectivity index (χ0v) is 12.3. The average Bonchev–Trinajstić information content (AvgIpc) is 2.85. The van der Waals surface area contributed by atoms with E-state index in [1.54, 1.807) is 18.4 Å². The molecule has 2 rings (SSSR count). The molecule has 0 radical (unpaired) electrons. The highest BCUT2D eigenvalue weighted by atomic mass is 32.1. The van der Waals surface area contributed by atoms with Gasteiger partial charge in [0.2, 0.25) is 0 Å². The van der Waals surface area contributed by atoms with Crippen molar-refractivity contribution in [2.75, 3.05) is 12.4 Å². The second kappa shape index (κ2) is 6.08. The van der Waals surface area contributed by atoms with E-state index in [-0.39, 0.29) is 12.6 Å². The topological polar surface area (TPSA) is 41.5 Å². The van der Waals surface area contributed by atoms with Crippen LogP contribution in [0.15, 0.2) is 29.6 Å². The molecule has 2 N–H and O–H groups in total. The van der Waals surface area contributed by atoms with Crippen LogP contribution in [0.5, 0.6) is 5.75 Å². The lowest BCUT2D eigenvalue weighted by Gasteiger charge is -2.16. The zero-order valence-electron chi connectivity index (χ0n) is 11.4. The highest BCUT2D eigenvalue weighted by Crippen LogP contribution is 2.29. The molecule has 1 aromatic carbocycles. The molecule has 2 aromatic rings. The average molecular weight is 277 g/mol. The Balaban J connectivity index is 2.17. The SMILES string of the molecule is COc1ccc(NC(C)c2sccc2C)cc1CO. The predicted octanol–water partition coefficient (Wildman–Crippen LogP) is 3.73. The van der Waals surface area contributed by atoms with Crippen LogP contribution in [0.4, 0.5) is 5.69 Å². The first-order valence-electron chi connectivity index (χ1n) is 6.24. The number of hydrogen-bond acceptors (Lipinski definition) is 4. The van der Waals surface area contributed by atoms with Gasteiger partial charge in [0.15, 0.2) is 0 Å². The summed E-state index contributed by atoms with van der Waals surface area (Å²) >= 11 is 1.76. The molecule has 0 aliphatic carbocycles. The molecule has 1 aromatic heterocycles. The number of hydrogen-bond donors (Lipinski definition) is 2. The Morgan fingerprint density at radius 3 is 2.74 bits per heavy atom. The molecule has 0 aliphatic rings. The molecule has 4 heteroatoms. The van der Waals surface area contributed by atoms with E-state index in [9.17, 15) is 5.11 Å². The maximum atomic E-state index is 9.33. The van der Waals surface area contributed by atoms with Crippen LogP contribution in [0.3, 0.4) is 0 Å². The fourth-order valence-corrected chi connectivity index (χ4v) is 3.07. The molecular formula is C15H19NO2S. The number of aryl methyl sites for hydroxylation is 1. The molecule has 0 spiro atoms. The Hall–Kier alpha value is -1.52.